The molecule has 3 rings (SSSR count). The van der Waals surface area contributed by atoms with Gasteiger partial charge < -0.3 is 9.47 Å². The second-order valence-electron chi connectivity index (χ2n) is 4.91. The molecule has 1 aromatic rings. The molecule has 3 atom stereocenters. The summed E-state index contributed by atoms with van der Waals surface area (Å²) in [6, 6.07) is 9.09. The summed E-state index contributed by atoms with van der Waals surface area (Å²) in [7, 11) is 0. The van der Waals surface area contributed by atoms with Crippen molar-refractivity contribution in [2.75, 3.05) is 19.8 Å². The Labute approximate surface area is 111 Å². The molecular weight excluding hydrogens is 249 g/mol. The minimum Gasteiger partial charge on any atom is -0.445 e. The number of amides is 1. The van der Waals surface area contributed by atoms with Gasteiger partial charge in [0.2, 0.25) is 0 Å². The van der Waals surface area contributed by atoms with Crippen molar-refractivity contribution in [1.29, 1.82) is 0 Å². The van der Waals surface area contributed by atoms with Crippen molar-refractivity contribution < 1.29 is 18.7 Å². The Bertz CT molecular complexity index is 453. The van der Waals surface area contributed by atoms with Gasteiger partial charge in [-0.2, -0.15) is 0 Å². The van der Waals surface area contributed by atoms with E-state index in [1.807, 2.05) is 30.3 Å². The molecule has 102 valence electrons. The lowest BCUT2D eigenvalue weighted by molar-refractivity contribution is 0.0769. The number of carbonyl (C=O) groups is 1. The highest BCUT2D eigenvalue weighted by Crippen LogP contribution is 2.41. The standard InChI is InChI=1S/C14H16FNO3/c15-12-11-9-18-7-6-16(13(11)12)14(17)19-8-10-4-2-1-3-5-10/h1-5,11-13H,6-9H2/t11-,12+,13?/m0/s1. The fourth-order valence-electron chi connectivity index (χ4n) is 2.46. The molecule has 1 aliphatic carbocycles. The lowest BCUT2D eigenvalue weighted by atomic mass is 10.2. The Kier molecular flexibility index (Phi) is 3.38. The van der Waals surface area contributed by atoms with Crippen molar-refractivity contribution in [2.24, 2.45) is 5.92 Å². The SMILES string of the molecule is O=C(OCc1ccccc1)N1CCOC[C@@H]2C1[C@@H]2F. The molecule has 19 heavy (non-hydrogen) atoms. The van der Waals surface area contributed by atoms with E-state index < -0.39 is 12.3 Å². The maximum absolute atomic E-state index is 13.5. The van der Waals surface area contributed by atoms with Gasteiger partial charge in [0, 0.05) is 12.5 Å². The number of rotatable bonds is 2. The maximum atomic E-state index is 13.5. The van der Waals surface area contributed by atoms with E-state index in [1.165, 1.54) is 4.90 Å². The van der Waals surface area contributed by atoms with E-state index in [0.29, 0.717) is 19.8 Å². The average Bonchev–Trinajstić information content (AvgIpc) is 3.13. The summed E-state index contributed by atoms with van der Waals surface area (Å²) in [6.45, 7) is 1.45. The normalized spacial score (nSPS) is 29.3. The van der Waals surface area contributed by atoms with Crippen LogP contribution in [0.4, 0.5) is 9.18 Å². The number of benzene rings is 1. The lowest BCUT2D eigenvalue weighted by Gasteiger charge is -2.20. The van der Waals surface area contributed by atoms with E-state index in [4.69, 9.17) is 9.47 Å². The van der Waals surface area contributed by atoms with Crippen molar-refractivity contribution in [3.05, 3.63) is 35.9 Å². The fourth-order valence-corrected chi connectivity index (χ4v) is 2.46. The molecular formula is C14H16FNO3. The van der Waals surface area contributed by atoms with Crippen LogP contribution in [0.1, 0.15) is 5.56 Å². The Balaban J connectivity index is 1.58. The molecule has 1 unspecified atom stereocenters. The van der Waals surface area contributed by atoms with Gasteiger partial charge in [0.25, 0.3) is 0 Å². The van der Waals surface area contributed by atoms with Gasteiger partial charge in [0.15, 0.2) is 0 Å². The second-order valence-corrected chi connectivity index (χ2v) is 4.91. The first-order valence-electron chi connectivity index (χ1n) is 6.46. The van der Waals surface area contributed by atoms with Gasteiger partial charge in [-0.1, -0.05) is 30.3 Å². The minimum atomic E-state index is -0.968. The molecule has 1 aromatic carbocycles. The number of hydrogen-bond donors (Lipinski definition) is 0. The molecule has 1 amide bonds. The predicted molar refractivity (Wildman–Crippen MR) is 66.3 cm³/mol. The highest BCUT2D eigenvalue weighted by molar-refractivity contribution is 5.69. The van der Waals surface area contributed by atoms with Crippen LogP contribution in [0.5, 0.6) is 0 Å². The second kappa shape index (κ2) is 5.17. The number of hydrogen-bond acceptors (Lipinski definition) is 3. The van der Waals surface area contributed by atoms with Crippen LogP contribution in [0.2, 0.25) is 0 Å². The number of halogens is 1. The number of alkyl halides is 1. The van der Waals surface area contributed by atoms with Crippen molar-refractivity contribution >= 4 is 6.09 Å². The third-order valence-electron chi connectivity index (χ3n) is 3.62. The van der Waals surface area contributed by atoms with Crippen LogP contribution in [-0.4, -0.2) is 43.0 Å². The molecule has 0 radical (unpaired) electrons. The third-order valence-corrected chi connectivity index (χ3v) is 3.62. The molecule has 0 bridgehead atoms. The Morgan fingerprint density at radius 1 is 1.42 bits per heavy atom. The monoisotopic (exact) mass is 265 g/mol. The molecule has 0 spiro atoms. The van der Waals surface area contributed by atoms with E-state index in [2.05, 4.69) is 0 Å². The topological polar surface area (TPSA) is 38.8 Å². The Morgan fingerprint density at radius 3 is 3.00 bits per heavy atom. The van der Waals surface area contributed by atoms with E-state index in [-0.39, 0.29) is 18.6 Å². The van der Waals surface area contributed by atoms with E-state index in [0.717, 1.165) is 5.56 Å². The summed E-state index contributed by atoms with van der Waals surface area (Å²) in [5, 5.41) is 0. The van der Waals surface area contributed by atoms with Gasteiger partial charge in [-0.15, -0.1) is 0 Å². The number of fused-ring (bicyclic) bond motifs is 1. The molecule has 4 nitrogen and oxygen atoms in total. The smallest absolute Gasteiger partial charge is 0.410 e. The number of nitrogens with zero attached hydrogens (tertiary/aromatic N) is 1. The quantitative estimate of drug-likeness (QED) is 0.821. The third kappa shape index (κ3) is 2.56. The minimum absolute atomic E-state index is 0.174. The van der Waals surface area contributed by atoms with Gasteiger partial charge >= 0.3 is 6.09 Å². The lowest BCUT2D eigenvalue weighted by Crippen LogP contribution is -2.36. The molecule has 1 saturated carbocycles. The van der Waals surface area contributed by atoms with Crippen molar-refractivity contribution in [2.45, 2.75) is 18.8 Å². The van der Waals surface area contributed by atoms with E-state index in [9.17, 15) is 9.18 Å². The van der Waals surface area contributed by atoms with Gasteiger partial charge in [-0.05, 0) is 5.56 Å². The highest BCUT2D eigenvalue weighted by atomic mass is 19.1. The predicted octanol–water partition coefficient (Wildman–Crippen LogP) is 1.99. The molecule has 0 aromatic heterocycles. The molecule has 5 heteroatoms. The summed E-state index contributed by atoms with van der Waals surface area (Å²) in [5.41, 5.74) is 0.922. The van der Waals surface area contributed by atoms with Crippen molar-refractivity contribution in [3.63, 3.8) is 0 Å². The van der Waals surface area contributed by atoms with Gasteiger partial charge in [0.05, 0.1) is 19.3 Å². The average molecular weight is 265 g/mol. The Morgan fingerprint density at radius 2 is 2.21 bits per heavy atom. The number of carbonyl (C=O) groups excluding carboxylic acids is 1. The van der Waals surface area contributed by atoms with E-state index in [1.54, 1.807) is 0 Å². The van der Waals surface area contributed by atoms with Crippen molar-refractivity contribution in [3.8, 4) is 0 Å². The molecule has 2 fully saturated rings. The van der Waals surface area contributed by atoms with Crippen molar-refractivity contribution in [1.82, 2.24) is 4.90 Å². The first-order chi connectivity index (χ1) is 9.27. The van der Waals surface area contributed by atoms with Gasteiger partial charge in [-0.3, -0.25) is 4.90 Å². The molecule has 2 aliphatic rings. The molecule has 1 saturated heterocycles. The highest BCUT2D eigenvalue weighted by Gasteiger charge is 2.57. The zero-order valence-electron chi connectivity index (χ0n) is 10.5. The largest absolute Gasteiger partial charge is 0.445 e. The van der Waals surface area contributed by atoms with Gasteiger partial charge in [0.1, 0.15) is 12.8 Å². The first kappa shape index (κ1) is 12.4. The summed E-state index contributed by atoms with van der Waals surface area (Å²) in [4.78, 5) is 13.5. The van der Waals surface area contributed by atoms with Crippen LogP contribution in [0, 0.1) is 5.92 Å². The maximum Gasteiger partial charge on any atom is 0.410 e. The molecule has 1 aliphatic heterocycles. The summed E-state index contributed by atoms with van der Waals surface area (Å²) >= 11 is 0. The molecule has 0 N–H and O–H groups in total. The van der Waals surface area contributed by atoms with Crippen LogP contribution < -0.4 is 0 Å². The molecule has 1 heterocycles. The van der Waals surface area contributed by atoms with Crippen LogP contribution in [0.25, 0.3) is 0 Å². The van der Waals surface area contributed by atoms with Crippen LogP contribution in [-0.2, 0) is 16.1 Å². The first-order valence-corrected chi connectivity index (χ1v) is 6.46. The zero-order valence-corrected chi connectivity index (χ0v) is 10.5. The zero-order chi connectivity index (χ0) is 13.2. The van der Waals surface area contributed by atoms with E-state index >= 15 is 0 Å². The summed E-state index contributed by atoms with van der Waals surface area (Å²) in [5.74, 6) is -0.174. The van der Waals surface area contributed by atoms with Gasteiger partial charge in [-0.25, -0.2) is 9.18 Å². The fraction of sp³-hybridized carbons (Fsp3) is 0.500. The summed E-state index contributed by atoms with van der Waals surface area (Å²) < 4.78 is 24.0. The van der Waals surface area contributed by atoms with Crippen LogP contribution >= 0.6 is 0 Å². The van der Waals surface area contributed by atoms with Crippen LogP contribution in [0.3, 0.4) is 0 Å². The number of ether oxygens (including phenoxy) is 2. The Hall–Kier alpha value is -1.62. The summed E-state index contributed by atoms with van der Waals surface area (Å²) in [6.07, 6.45) is -1.42. The van der Waals surface area contributed by atoms with Crippen LogP contribution in [0.15, 0.2) is 30.3 Å².